The summed E-state index contributed by atoms with van der Waals surface area (Å²) in [5.41, 5.74) is 4.68. The molecule has 0 spiro atoms. The van der Waals surface area contributed by atoms with E-state index in [1.54, 1.807) is 18.2 Å². The van der Waals surface area contributed by atoms with E-state index in [-0.39, 0.29) is 6.54 Å². The number of amides is 1. The van der Waals surface area contributed by atoms with Gasteiger partial charge in [-0.1, -0.05) is 36.9 Å². The SMILES string of the molecule is Cc1ccc(N(CC(=O)NN=C2CCCCCCC2)S(C)(=O)=O)cc1Cl. The molecule has 1 fully saturated rings. The molecular formula is C18H26ClN3O3S. The number of carbonyl (C=O) groups is 1. The number of benzene rings is 1. The number of rotatable bonds is 5. The van der Waals surface area contributed by atoms with Crippen LogP contribution in [0, 0.1) is 6.92 Å². The molecule has 1 amide bonds. The van der Waals surface area contributed by atoms with Crippen LogP contribution in [0.3, 0.4) is 0 Å². The van der Waals surface area contributed by atoms with Gasteiger partial charge >= 0.3 is 0 Å². The Labute approximate surface area is 160 Å². The highest BCUT2D eigenvalue weighted by Gasteiger charge is 2.21. The molecule has 1 aliphatic carbocycles. The lowest BCUT2D eigenvalue weighted by Gasteiger charge is -2.22. The standard InChI is InChI=1S/C18H26ClN3O3S/c1-14-10-11-16(12-17(14)19)22(26(2,24)25)13-18(23)21-20-15-8-6-4-3-5-7-9-15/h10-12H,3-9,13H2,1-2H3,(H,21,23). The van der Waals surface area contributed by atoms with E-state index in [0.717, 1.165) is 47.5 Å². The van der Waals surface area contributed by atoms with Gasteiger partial charge in [0.15, 0.2) is 0 Å². The number of carbonyl (C=O) groups excluding carboxylic acids is 1. The van der Waals surface area contributed by atoms with Gasteiger partial charge in [-0.15, -0.1) is 0 Å². The average Bonchev–Trinajstić information content (AvgIpc) is 2.53. The van der Waals surface area contributed by atoms with Crippen LogP contribution in [0.1, 0.15) is 50.5 Å². The van der Waals surface area contributed by atoms with Crippen LogP contribution in [0.2, 0.25) is 5.02 Å². The van der Waals surface area contributed by atoms with Crippen LogP contribution in [0.25, 0.3) is 0 Å². The first kappa shape index (κ1) is 20.7. The summed E-state index contributed by atoms with van der Waals surface area (Å²) >= 11 is 6.09. The second-order valence-corrected chi connectivity index (χ2v) is 9.00. The van der Waals surface area contributed by atoms with Gasteiger partial charge < -0.3 is 0 Å². The summed E-state index contributed by atoms with van der Waals surface area (Å²) in [6, 6.07) is 4.91. The number of hydrazone groups is 1. The maximum atomic E-state index is 12.3. The van der Waals surface area contributed by atoms with Gasteiger partial charge in [0.25, 0.3) is 5.91 Å². The Morgan fingerprint density at radius 3 is 2.38 bits per heavy atom. The van der Waals surface area contributed by atoms with Crippen molar-refractivity contribution in [2.24, 2.45) is 5.10 Å². The zero-order chi connectivity index (χ0) is 19.2. The minimum Gasteiger partial charge on any atom is -0.271 e. The first-order chi connectivity index (χ1) is 12.3. The Bertz CT molecular complexity index is 768. The van der Waals surface area contributed by atoms with Crippen molar-refractivity contribution in [3.63, 3.8) is 0 Å². The summed E-state index contributed by atoms with van der Waals surface area (Å²) in [6.07, 6.45) is 8.59. The Balaban J connectivity index is 2.08. The van der Waals surface area contributed by atoms with E-state index in [2.05, 4.69) is 10.5 Å². The smallest absolute Gasteiger partial charge is 0.260 e. The first-order valence-electron chi connectivity index (χ1n) is 8.85. The Hall–Kier alpha value is -1.60. The Kier molecular flexibility index (Phi) is 7.46. The molecule has 0 aliphatic heterocycles. The van der Waals surface area contributed by atoms with E-state index in [9.17, 15) is 13.2 Å². The van der Waals surface area contributed by atoms with Crippen LogP contribution in [0.4, 0.5) is 5.69 Å². The molecule has 0 heterocycles. The number of anilines is 1. The maximum absolute atomic E-state index is 12.3. The summed E-state index contributed by atoms with van der Waals surface area (Å²) in [7, 11) is -3.63. The summed E-state index contributed by atoms with van der Waals surface area (Å²) < 4.78 is 25.3. The minimum atomic E-state index is -3.63. The zero-order valence-corrected chi connectivity index (χ0v) is 16.9. The number of nitrogens with zero attached hydrogens (tertiary/aromatic N) is 2. The van der Waals surface area contributed by atoms with Gasteiger partial charge in [0, 0.05) is 10.7 Å². The van der Waals surface area contributed by atoms with Gasteiger partial charge in [0.2, 0.25) is 10.0 Å². The summed E-state index contributed by atoms with van der Waals surface area (Å²) in [6.45, 7) is 1.49. The van der Waals surface area contributed by atoms with Gasteiger partial charge in [-0.05, 0) is 50.3 Å². The molecule has 6 nitrogen and oxygen atoms in total. The molecule has 1 aromatic rings. The number of hydrogen-bond acceptors (Lipinski definition) is 4. The van der Waals surface area contributed by atoms with Crippen LogP contribution in [-0.2, 0) is 14.8 Å². The molecular weight excluding hydrogens is 374 g/mol. The van der Waals surface area contributed by atoms with Crippen molar-refractivity contribution in [3.8, 4) is 0 Å². The van der Waals surface area contributed by atoms with E-state index < -0.39 is 15.9 Å². The molecule has 1 N–H and O–H groups in total. The molecule has 1 aromatic carbocycles. The molecule has 0 radical (unpaired) electrons. The highest BCUT2D eigenvalue weighted by molar-refractivity contribution is 7.92. The number of halogens is 1. The highest BCUT2D eigenvalue weighted by Crippen LogP contribution is 2.24. The fourth-order valence-corrected chi connectivity index (χ4v) is 3.89. The van der Waals surface area contributed by atoms with E-state index in [1.165, 1.54) is 19.3 Å². The van der Waals surface area contributed by atoms with Crippen molar-refractivity contribution in [2.45, 2.75) is 51.9 Å². The lowest BCUT2D eigenvalue weighted by Crippen LogP contribution is -2.39. The maximum Gasteiger partial charge on any atom is 0.260 e. The van der Waals surface area contributed by atoms with Crippen LogP contribution in [0.15, 0.2) is 23.3 Å². The molecule has 26 heavy (non-hydrogen) atoms. The van der Waals surface area contributed by atoms with Gasteiger partial charge in [-0.2, -0.15) is 5.10 Å². The predicted octanol–water partition coefficient (Wildman–Crippen LogP) is 3.63. The van der Waals surface area contributed by atoms with Gasteiger partial charge in [-0.25, -0.2) is 13.8 Å². The highest BCUT2D eigenvalue weighted by atomic mass is 35.5. The molecule has 0 saturated heterocycles. The van der Waals surface area contributed by atoms with Crippen molar-refractivity contribution in [2.75, 3.05) is 17.1 Å². The topological polar surface area (TPSA) is 78.8 Å². The van der Waals surface area contributed by atoms with Gasteiger partial charge in [-0.3, -0.25) is 9.10 Å². The fourth-order valence-electron chi connectivity index (χ4n) is 2.87. The van der Waals surface area contributed by atoms with Crippen molar-refractivity contribution >= 4 is 38.9 Å². The third-order valence-corrected chi connectivity index (χ3v) is 5.95. The normalized spacial score (nSPS) is 15.7. The number of hydrogen-bond donors (Lipinski definition) is 1. The predicted molar refractivity (Wildman–Crippen MR) is 106 cm³/mol. The minimum absolute atomic E-state index is 0.338. The lowest BCUT2D eigenvalue weighted by molar-refractivity contribution is -0.119. The van der Waals surface area contributed by atoms with E-state index >= 15 is 0 Å². The largest absolute Gasteiger partial charge is 0.271 e. The van der Waals surface area contributed by atoms with Crippen molar-refractivity contribution < 1.29 is 13.2 Å². The third-order valence-electron chi connectivity index (χ3n) is 4.40. The van der Waals surface area contributed by atoms with E-state index in [1.807, 2.05) is 6.92 Å². The molecule has 0 bridgehead atoms. The molecule has 1 aliphatic rings. The molecule has 8 heteroatoms. The van der Waals surface area contributed by atoms with E-state index in [0.29, 0.717) is 10.7 Å². The third kappa shape index (κ3) is 6.29. The zero-order valence-electron chi connectivity index (χ0n) is 15.3. The summed E-state index contributed by atoms with van der Waals surface area (Å²) in [5, 5.41) is 4.67. The second kappa shape index (κ2) is 9.37. The molecule has 2 rings (SSSR count). The summed E-state index contributed by atoms with van der Waals surface area (Å²) in [5.74, 6) is -0.471. The molecule has 0 aromatic heterocycles. The van der Waals surface area contributed by atoms with Gasteiger partial charge in [0.1, 0.15) is 6.54 Å². The fraction of sp³-hybridized carbons (Fsp3) is 0.556. The Morgan fingerprint density at radius 2 is 1.81 bits per heavy atom. The molecule has 0 unspecified atom stereocenters. The van der Waals surface area contributed by atoms with Crippen LogP contribution < -0.4 is 9.73 Å². The van der Waals surface area contributed by atoms with Gasteiger partial charge in [0.05, 0.1) is 11.9 Å². The first-order valence-corrected chi connectivity index (χ1v) is 11.1. The number of sulfonamides is 1. The Morgan fingerprint density at radius 1 is 1.19 bits per heavy atom. The van der Waals surface area contributed by atoms with Crippen LogP contribution in [-0.4, -0.2) is 32.8 Å². The van der Waals surface area contributed by atoms with Crippen molar-refractivity contribution in [1.29, 1.82) is 0 Å². The molecule has 1 saturated carbocycles. The van der Waals surface area contributed by atoms with Crippen molar-refractivity contribution in [1.82, 2.24) is 5.43 Å². The van der Waals surface area contributed by atoms with Crippen molar-refractivity contribution in [3.05, 3.63) is 28.8 Å². The summed E-state index contributed by atoms with van der Waals surface area (Å²) in [4.78, 5) is 12.3. The average molecular weight is 400 g/mol. The number of nitrogens with one attached hydrogen (secondary N) is 1. The second-order valence-electron chi connectivity index (χ2n) is 6.68. The van der Waals surface area contributed by atoms with Crippen LogP contribution in [0.5, 0.6) is 0 Å². The molecule has 0 atom stereocenters. The lowest BCUT2D eigenvalue weighted by atomic mass is 9.99. The van der Waals surface area contributed by atoms with Crippen LogP contribution >= 0.6 is 11.6 Å². The van der Waals surface area contributed by atoms with E-state index in [4.69, 9.17) is 11.6 Å². The monoisotopic (exact) mass is 399 g/mol. The molecule has 144 valence electrons. The quantitative estimate of drug-likeness (QED) is 0.768. The number of aryl methyl sites for hydroxylation is 1.